The van der Waals surface area contributed by atoms with Crippen LogP contribution in [0.5, 0.6) is 5.75 Å². The van der Waals surface area contributed by atoms with Gasteiger partial charge in [0.1, 0.15) is 17.4 Å². The van der Waals surface area contributed by atoms with Gasteiger partial charge in [-0.1, -0.05) is 35.9 Å². The van der Waals surface area contributed by atoms with Gasteiger partial charge in [-0.25, -0.2) is 0 Å². The molecule has 1 saturated carbocycles. The Kier molecular flexibility index (Phi) is 4.74. The lowest BCUT2D eigenvalue weighted by atomic mass is 9.86. The second-order valence-electron chi connectivity index (χ2n) is 7.18. The fraction of sp³-hybridized carbons (Fsp3) is 0.364. The van der Waals surface area contributed by atoms with Crippen molar-refractivity contribution in [3.63, 3.8) is 0 Å². The molecule has 4 rings (SSSR count). The lowest BCUT2D eigenvalue weighted by Gasteiger charge is -2.28. The third-order valence-corrected chi connectivity index (χ3v) is 5.23. The molecule has 1 aliphatic rings. The summed E-state index contributed by atoms with van der Waals surface area (Å²) in [7, 11) is 0. The largest absolute Gasteiger partial charge is 0.490 e. The van der Waals surface area contributed by atoms with E-state index in [4.69, 9.17) is 4.74 Å². The minimum atomic E-state index is 0.297. The Balaban J connectivity index is 1.47. The van der Waals surface area contributed by atoms with Gasteiger partial charge in [-0.05, 0) is 63.8 Å². The molecule has 1 aromatic heterocycles. The number of benzene rings is 2. The van der Waals surface area contributed by atoms with Crippen molar-refractivity contribution in [3.8, 4) is 11.4 Å². The predicted molar refractivity (Wildman–Crippen MR) is 103 cm³/mol. The molecule has 26 heavy (non-hydrogen) atoms. The van der Waals surface area contributed by atoms with Gasteiger partial charge in [0.2, 0.25) is 0 Å². The molecule has 0 radical (unpaired) electrons. The van der Waals surface area contributed by atoms with E-state index in [0.29, 0.717) is 12.0 Å². The number of nitrogens with zero attached hydrogens (tertiary/aromatic N) is 3. The highest BCUT2D eigenvalue weighted by molar-refractivity contribution is 5.37. The van der Waals surface area contributed by atoms with Crippen molar-refractivity contribution in [1.82, 2.24) is 14.8 Å². The van der Waals surface area contributed by atoms with Crippen LogP contribution in [0, 0.1) is 13.8 Å². The molecule has 0 unspecified atom stereocenters. The van der Waals surface area contributed by atoms with Crippen LogP contribution in [0.3, 0.4) is 0 Å². The minimum Gasteiger partial charge on any atom is -0.490 e. The van der Waals surface area contributed by atoms with E-state index in [2.05, 4.69) is 46.0 Å². The quantitative estimate of drug-likeness (QED) is 0.667. The number of hydrogen-bond acceptors (Lipinski definition) is 3. The van der Waals surface area contributed by atoms with E-state index in [1.807, 2.05) is 37.3 Å². The van der Waals surface area contributed by atoms with Gasteiger partial charge in [0.15, 0.2) is 0 Å². The van der Waals surface area contributed by atoms with Crippen LogP contribution in [-0.2, 0) is 0 Å². The SMILES string of the molecule is Cc1ccc(-n2c(C)nnc2[C@H]2CC[C@H](Oc3ccccc3)CC2)cc1. The summed E-state index contributed by atoms with van der Waals surface area (Å²) in [6.45, 7) is 4.14. The van der Waals surface area contributed by atoms with Gasteiger partial charge in [0, 0.05) is 11.6 Å². The summed E-state index contributed by atoms with van der Waals surface area (Å²) in [5, 5.41) is 8.88. The van der Waals surface area contributed by atoms with Crippen LogP contribution in [-0.4, -0.2) is 20.9 Å². The molecule has 134 valence electrons. The van der Waals surface area contributed by atoms with Crippen LogP contribution in [0.2, 0.25) is 0 Å². The maximum Gasteiger partial charge on any atom is 0.140 e. The van der Waals surface area contributed by atoms with E-state index >= 15 is 0 Å². The highest BCUT2D eigenvalue weighted by Crippen LogP contribution is 2.35. The summed E-state index contributed by atoms with van der Waals surface area (Å²) in [6.07, 6.45) is 4.58. The molecule has 0 spiro atoms. The number of para-hydroxylation sites is 1. The maximum absolute atomic E-state index is 6.13. The molecule has 0 amide bonds. The second kappa shape index (κ2) is 7.32. The molecular formula is C22H25N3O. The van der Waals surface area contributed by atoms with Crippen molar-refractivity contribution in [2.24, 2.45) is 0 Å². The minimum absolute atomic E-state index is 0.297. The lowest BCUT2D eigenvalue weighted by Crippen LogP contribution is -2.24. The third-order valence-electron chi connectivity index (χ3n) is 5.23. The first-order valence-electron chi connectivity index (χ1n) is 9.41. The summed E-state index contributed by atoms with van der Waals surface area (Å²) < 4.78 is 8.34. The fourth-order valence-electron chi connectivity index (χ4n) is 3.79. The van der Waals surface area contributed by atoms with Gasteiger partial charge in [-0.3, -0.25) is 4.57 Å². The van der Waals surface area contributed by atoms with E-state index in [-0.39, 0.29) is 0 Å². The van der Waals surface area contributed by atoms with E-state index in [1.54, 1.807) is 0 Å². The molecule has 3 aromatic rings. The van der Waals surface area contributed by atoms with Gasteiger partial charge in [-0.15, -0.1) is 10.2 Å². The molecule has 0 aliphatic heterocycles. The van der Waals surface area contributed by atoms with Crippen LogP contribution in [0.15, 0.2) is 54.6 Å². The van der Waals surface area contributed by atoms with Gasteiger partial charge in [0.25, 0.3) is 0 Å². The Labute approximate surface area is 154 Å². The summed E-state index contributed by atoms with van der Waals surface area (Å²) in [5.74, 6) is 3.44. The molecule has 0 saturated heterocycles. The van der Waals surface area contributed by atoms with Crippen LogP contribution in [0.4, 0.5) is 0 Å². The molecule has 2 aromatic carbocycles. The lowest BCUT2D eigenvalue weighted by molar-refractivity contribution is 0.144. The molecule has 0 atom stereocenters. The number of aromatic nitrogens is 3. The highest BCUT2D eigenvalue weighted by atomic mass is 16.5. The average molecular weight is 347 g/mol. The molecule has 0 bridgehead atoms. The van der Waals surface area contributed by atoms with Crippen molar-refractivity contribution < 1.29 is 4.74 Å². The van der Waals surface area contributed by atoms with Gasteiger partial charge in [0.05, 0.1) is 6.10 Å². The number of rotatable bonds is 4. The summed E-state index contributed by atoms with van der Waals surface area (Å²) in [5.41, 5.74) is 2.41. The number of ether oxygens (including phenoxy) is 1. The molecule has 0 N–H and O–H groups in total. The van der Waals surface area contributed by atoms with Gasteiger partial charge < -0.3 is 4.74 Å². The molecule has 4 heteroatoms. The Bertz CT molecular complexity index is 847. The van der Waals surface area contributed by atoms with Crippen LogP contribution < -0.4 is 4.74 Å². The average Bonchev–Trinajstić information content (AvgIpc) is 3.05. The smallest absolute Gasteiger partial charge is 0.140 e. The van der Waals surface area contributed by atoms with Gasteiger partial charge in [-0.2, -0.15) is 0 Å². The van der Waals surface area contributed by atoms with Crippen LogP contribution in [0.1, 0.15) is 48.8 Å². The number of aryl methyl sites for hydroxylation is 2. The Morgan fingerprint density at radius 1 is 0.846 bits per heavy atom. The first-order chi connectivity index (χ1) is 12.7. The van der Waals surface area contributed by atoms with Crippen LogP contribution >= 0.6 is 0 Å². The highest BCUT2D eigenvalue weighted by Gasteiger charge is 2.28. The van der Waals surface area contributed by atoms with E-state index < -0.39 is 0 Å². The van der Waals surface area contributed by atoms with E-state index in [1.165, 1.54) is 5.56 Å². The zero-order valence-electron chi connectivity index (χ0n) is 15.4. The Morgan fingerprint density at radius 2 is 1.54 bits per heavy atom. The molecule has 1 aliphatic carbocycles. The monoisotopic (exact) mass is 347 g/mol. The van der Waals surface area contributed by atoms with Crippen molar-refractivity contribution in [3.05, 3.63) is 71.8 Å². The van der Waals surface area contributed by atoms with E-state index in [0.717, 1.165) is 48.8 Å². The first-order valence-corrected chi connectivity index (χ1v) is 9.41. The zero-order chi connectivity index (χ0) is 17.9. The molecule has 4 nitrogen and oxygen atoms in total. The first kappa shape index (κ1) is 16.8. The second-order valence-corrected chi connectivity index (χ2v) is 7.18. The number of hydrogen-bond donors (Lipinski definition) is 0. The van der Waals surface area contributed by atoms with Crippen molar-refractivity contribution in [2.75, 3.05) is 0 Å². The summed E-state index contributed by atoms with van der Waals surface area (Å²) in [6, 6.07) is 18.7. The van der Waals surface area contributed by atoms with Crippen LogP contribution in [0.25, 0.3) is 5.69 Å². The van der Waals surface area contributed by atoms with Crippen molar-refractivity contribution in [2.45, 2.75) is 51.6 Å². The topological polar surface area (TPSA) is 39.9 Å². The van der Waals surface area contributed by atoms with E-state index in [9.17, 15) is 0 Å². The third kappa shape index (κ3) is 3.50. The normalized spacial score (nSPS) is 20.1. The zero-order valence-corrected chi connectivity index (χ0v) is 15.4. The standard InChI is InChI=1S/C22H25N3O/c1-16-8-12-19(13-9-16)25-17(2)23-24-22(25)18-10-14-21(15-11-18)26-20-6-4-3-5-7-20/h3-9,12-13,18,21H,10-11,14-15H2,1-2H3/t18-,21-. The van der Waals surface area contributed by atoms with Crippen molar-refractivity contribution in [1.29, 1.82) is 0 Å². The Hall–Kier alpha value is -2.62. The fourth-order valence-corrected chi connectivity index (χ4v) is 3.79. The summed E-state index contributed by atoms with van der Waals surface area (Å²) in [4.78, 5) is 0. The maximum atomic E-state index is 6.13. The molecule has 1 heterocycles. The van der Waals surface area contributed by atoms with Crippen molar-refractivity contribution >= 4 is 0 Å². The van der Waals surface area contributed by atoms with Gasteiger partial charge >= 0.3 is 0 Å². The predicted octanol–water partition coefficient (Wildman–Crippen LogP) is 4.99. The molecule has 1 fully saturated rings. The summed E-state index contributed by atoms with van der Waals surface area (Å²) >= 11 is 0. The molecular weight excluding hydrogens is 322 g/mol. The Morgan fingerprint density at radius 3 is 2.23 bits per heavy atom.